The summed E-state index contributed by atoms with van der Waals surface area (Å²) in [5, 5.41) is 9.56. The van der Waals surface area contributed by atoms with Crippen molar-refractivity contribution in [3.05, 3.63) is 17.7 Å². The zero-order valence-corrected chi connectivity index (χ0v) is 8.72. The molecule has 4 nitrogen and oxygen atoms in total. The highest BCUT2D eigenvalue weighted by Gasteiger charge is 2.11. The van der Waals surface area contributed by atoms with Crippen molar-refractivity contribution in [3.8, 4) is 17.2 Å². The molecular weight excluding hydrogens is 202 g/mol. The summed E-state index contributed by atoms with van der Waals surface area (Å²) in [6.07, 6.45) is 0. The number of phenols is 1. The van der Waals surface area contributed by atoms with Crippen molar-refractivity contribution in [1.29, 1.82) is 0 Å². The molecule has 1 rings (SSSR count). The van der Waals surface area contributed by atoms with E-state index in [4.69, 9.17) is 27.4 Å². The standard InChI is InChI=1S/C9H11NO3S/c1-12-6-3-5(9(10)14)4-7(13-2)8(6)11/h3-4,11H,1-2H3,(H2,10,14). The highest BCUT2D eigenvalue weighted by molar-refractivity contribution is 7.80. The number of hydrogen-bond donors (Lipinski definition) is 2. The summed E-state index contributed by atoms with van der Waals surface area (Å²) in [6, 6.07) is 3.11. The molecule has 0 atom stereocenters. The molecule has 0 aliphatic heterocycles. The van der Waals surface area contributed by atoms with Gasteiger partial charge in [0.25, 0.3) is 0 Å². The lowest BCUT2D eigenvalue weighted by Crippen LogP contribution is -2.09. The summed E-state index contributed by atoms with van der Waals surface area (Å²) in [6.45, 7) is 0. The van der Waals surface area contributed by atoms with Crippen molar-refractivity contribution in [2.45, 2.75) is 0 Å². The predicted octanol–water partition coefficient (Wildman–Crippen LogP) is 1.04. The quantitative estimate of drug-likeness (QED) is 0.734. The highest BCUT2D eigenvalue weighted by Crippen LogP contribution is 2.36. The largest absolute Gasteiger partial charge is 0.502 e. The first-order valence-electron chi connectivity index (χ1n) is 3.85. The van der Waals surface area contributed by atoms with Crippen LogP contribution in [0, 0.1) is 0 Å². The number of rotatable bonds is 3. The first-order valence-corrected chi connectivity index (χ1v) is 4.25. The minimum atomic E-state index is -0.0602. The minimum Gasteiger partial charge on any atom is -0.502 e. The molecule has 0 bridgehead atoms. The number of nitrogens with two attached hydrogens (primary N) is 1. The molecule has 0 radical (unpaired) electrons. The van der Waals surface area contributed by atoms with Gasteiger partial charge in [0.15, 0.2) is 11.5 Å². The number of phenolic OH excluding ortho intramolecular Hbond substituents is 1. The molecule has 0 aliphatic rings. The molecule has 0 aromatic heterocycles. The predicted molar refractivity (Wildman–Crippen MR) is 57.1 cm³/mol. The Morgan fingerprint density at radius 2 is 1.71 bits per heavy atom. The Labute approximate surface area is 87.2 Å². The van der Waals surface area contributed by atoms with Gasteiger partial charge in [-0.3, -0.25) is 0 Å². The van der Waals surface area contributed by atoms with Gasteiger partial charge in [-0.2, -0.15) is 0 Å². The normalized spacial score (nSPS) is 9.57. The van der Waals surface area contributed by atoms with Crippen LogP contribution >= 0.6 is 12.2 Å². The maximum Gasteiger partial charge on any atom is 0.200 e. The van der Waals surface area contributed by atoms with E-state index in [9.17, 15) is 5.11 Å². The summed E-state index contributed by atoms with van der Waals surface area (Å²) in [4.78, 5) is 0.224. The van der Waals surface area contributed by atoms with E-state index in [1.54, 1.807) is 12.1 Å². The van der Waals surface area contributed by atoms with Gasteiger partial charge < -0.3 is 20.3 Å². The van der Waals surface area contributed by atoms with E-state index >= 15 is 0 Å². The zero-order valence-electron chi connectivity index (χ0n) is 7.90. The number of thiocarbonyl (C=S) groups is 1. The maximum atomic E-state index is 9.56. The molecule has 0 saturated heterocycles. The number of aromatic hydroxyl groups is 1. The van der Waals surface area contributed by atoms with Gasteiger partial charge in [-0.25, -0.2) is 0 Å². The van der Waals surface area contributed by atoms with Crippen LogP contribution in [0.5, 0.6) is 17.2 Å². The Morgan fingerprint density at radius 1 is 1.29 bits per heavy atom. The molecule has 0 fully saturated rings. The zero-order chi connectivity index (χ0) is 10.7. The molecule has 0 heterocycles. The number of benzene rings is 1. The smallest absolute Gasteiger partial charge is 0.200 e. The third-order valence-electron chi connectivity index (χ3n) is 1.76. The van der Waals surface area contributed by atoms with Crippen LogP contribution in [0.4, 0.5) is 0 Å². The van der Waals surface area contributed by atoms with Gasteiger partial charge in [0.2, 0.25) is 5.75 Å². The summed E-state index contributed by atoms with van der Waals surface area (Å²) in [5.41, 5.74) is 6.04. The van der Waals surface area contributed by atoms with Gasteiger partial charge in [0.05, 0.1) is 14.2 Å². The van der Waals surface area contributed by atoms with Gasteiger partial charge in [0.1, 0.15) is 4.99 Å². The lowest BCUT2D eigenvalue weighted by Gasteiger charge is -2.10. The molecule has 0 amide bonds. The molecule has 5 heteroatoms. The van der Waals surface area contributed by atoms with Gasteiger partial charge in [-0.05, 0) is 12.1 Å². The van der Waals surface area contributed by atoms with E-state index in [0.717, 1.165) is 0 Å². The van der Waals surface area contributed by atoms with E-state index in [1.165, 1.54) is 14.2 Å². The molecule has 3 N–H and O–H groups in total. The van der Waals surface area contributed by atoms with E-state index in [1.807, 2.05) is 0 Å². The SMILES string of the molecule is COc1cc(C(N)=S)cc(OC)c1O. The third-order valence-corrected chi connectivity index (χ3v) is 2.00. The van der Waals surface area contributed by atoms with Gasteiger partial charge >= 0.3 is 0 Å². The second-order valence-electron chi connectivity index (χ2n) is 2.59. The topological polar surface area (TPSA) is 64.7 Å². The minimum absolute atomic E-state index is 0.0602. The summed E-state index contributed by atoms with van der Waals surface area (Å²) in [7, 11) is 2.88. The van der Waals surface area contributed by atoms with Crippen molar-refractivity contribution in [2.75, 3.05) is 14.2 Å². The maximum absolute atomic E-state index is 9.56. The molecular formula is C9H11NO3S. The highest BCUT2D eigenvalue weighted by atomic mass is 32.1. The molecule has 0 spiro atoms. The van der Waals surface area contributed by atoms with Gasteiger partial charge in [-0.15, -0.1) is 0 Å². The number of hydrogen-bond acceptors (Lipinski definition) is 4. The first kappa shape index (κ1) is 10.6. The number of ether oxygens (including phenoxy) is 2. The molecule has 1 aromatic carbocycles. The first-order chi connectivity index (χ1) is 6.60. The van der Waals surface area contributed by atoms with Crippen LogP contribution in [0.25, 0.3) is 0 Å². The van der Waals surface area contributed by atoms with Crippen LogP contribution in [0.15, 0.2) is 12.1 Å². The second kappa shape index (κ2) is 4.15. The van der Waals surface area contributed by atoms with Gasteiger partial charge in [0, 0.05) is 5.56 Å². The molecule has 0 unspecified atom stereocenters. The van der Waals surface area contributed by atoms with Crippen LogP contribution in [0.3, 0.4) is 0 Å². The molecule has 14 heavy (non-hydrogen) atoms. The fourth-order valence-electron chi connectivity index (χ4n) is 1.04. The Bertz CT molecular complexity index is 340. The van der Waals surface area contributed by atoms with Crippen molar-refractivity contribution in [3.63, 3.8) is 0 Å². The van der Waals surface area contributed by atoms with Crippen LogP contribution in [0.1, 0.15) is 5.56 Å². The average Bonchev–Trinajstić information content (AvgIpc) is 2.17. The Morgan fingerprint density at radius 3 is 2.00 bits per heavy atom. The Balaban J connectivity index is 3.32. The van der Waals surface area contributed by atoms with Crippen molar-refractivity contribution in [1.82, 2.24) is 0 Å². The molecule has 1 aromatic rings. The van der Waals surface area contributed by atoms with Crippen LogP contribution < -0.4 is 15.2 Å². The van der Waals surface area contributed by atoms with Crippen LogP contribution in [-0.4, -0.2) is 24.3 Å². The summed E-state index contributed by atoms with van der Waals surface area (Å²) >= 11 is 4.81. The lowest BCUT2D eigenvalue weighted by molar-refractivity contribution is 0.340. The van der Waals surface area contributed by atoms with E-state index in [2.05, 4.69) is 0 Å². The number of methoxy groups -OCH3 is 2. The van der Waals surface area contributed by atoms with Crippen molar-refractivity contribution in [2.24, 2.45) is 5.73 Å². The van der Waals surface area contributed by atoms with Gasteiger partial charge in [-0.1, -0.05) is 12.2 Å². The summed E-state index contributed by atoms with van der Waals surface area (Å²) < 4.78 is 9.87. The fraction of sp³-hybridized carbons (Fsp3) is 0.222. The molecule has 0 saturated carbocycles. The van der Waals surface area contributed by atoms with E-state index in [-0.39, 0.29) is 22.2 Å². The van der Waals surface area contributed by atoms with E-state index < -0.39 is 0 Å². The third kappa shape index (κ3) is 1.88. The Kier molecular flexibility index (Phi) is 3.14. The van der Waals surface area contributed by atoms with E-state index in [0.29, 0.717) is 5.56 Å². The van der Waals surface area contributed by atoms with Crippen molar-refractivity contribution < 1.29 is 14.6 Å². The summed E-state index contributed by atoms with van der Waals surface area (Å²) in [5.74, 6) is 0.509. The van der Waals surface area contributed by atoms with Crippen LogP contribution in [0.2, 0.25) is 0 Å². The van der Waals surface area contributed by atoms with Crippen molar-refractivity contribution >= 4 is 17.2 Å². The fourth-order valence-corrected chi connectivity index (χ4v) is 1.15. The second-order valence-corrected chi connectivity index (χ2v) is 3.03. The average molecular weight is 213 g/mol. The lowest BCUT2D eigenvalue weighted by atomic mass is 10.2. The van der Waals surface area contributed by atoms with Crippen LogP contribution in [-0.2, 0) is 0 Å². The Hall–Kier alpha value is -1.49. The molecule has 76 valence electrons. The molecule has 0 aliphatic carbocycles. The monoisotopic (exact) mass is 213 g/mol.